The van der Waals surface area contributed by atoms with Gasteiger partial charge in [0.05, 0.1) is 12.1 Å². The number of rotatable bonds is 7. The second-order valence-electron chi connectivity index (χ2n) is 9.17. The Hall–Kier alpha value is -2.72. The summed E-state index contributed by atoms with van der Waals surface area (Å²) in [6.45, 7) is 5.59. The SMILES string of the molecule is CSc1cc(C)[nH]c(=O)c1CNC(=O)c1c(C)n([C@@H](C)C2CN(CC(F)(F)F)C2)c2ccccc12. The number of pyridine rings is 1. The number of carbonyl (C=O) groups is 1. The summed E-state index contributed by atoms with van der Waals surface area (Å²) in [7, 11) is 0. The quantitative estimate of drug-likeness (QED) is 0.458. The van der Waals surface area contributed by atoms with Crippen molar-refractivity contribution in [2.75, 3.05) is 25.9 Å². The third-order valence-corrected chi connectivity index (χ3v) is 7.54. The molecular weight excluding hydrogens is 477 g/mol. The number of aromatic nitrogens is 2. The second-order valence-corrected chi connectivity index (χ2v) is 10.0. The van der Waals surface area contributed by atoms with Crippen molar-refractivity contribution in [1.29, 1.82) is 0 Å². The summed E-state index contributed by atoms with van der Waals surface area (Å²) in [6, 6.07) is 9.36. The molecule has 0 saturated carbocycles. The number of hydrogen-bond acceptors (Lipinski definition) is 4. The lowest BCUT2D eigenvalue weighted by Crippen LogP contribution is -2.52. The number of fused-ring (bicyclic) bond motifs is 1. The lowest BCUT2D eigenvalue weighted by atomic mass is 9.92. The number of benzene rings is 1. The van der Waals surface area contributed by atoms with Crippen molar-refractivity contribution < 1.29 is 18.0 Å². The molecule has 4 rings (SSSR count). The van der Waals surface area contributed by atoms with Gasteiger partial charge in [0.25, 0.3) is 11.5 Å². The Morgan fingerprint density at radius 2 is 1.94 bits per heavy atom. The van der Waals surface area contributed by atoms with Gasteiger partial charge in [0.15, 0.2) is 0 Å². The summed E-state index contributed by atoms with van der Waals surface area (Å²) in [6.07, 6.45) is -2.32. The molecule has 188 valence electrons. The van der Waals surface area contributed by atoms with Crippen LogP contribution in [0.1, 0.15) is 40.3 Å². The molecule has 1 atom stereocenters. The Labute approximate surface area is 205 Å². The van der Waals surface area contributed by atoms with Crippen LogP contribution < -0.4 is 10.9 Å². The van der Waals surface area contributed by atoms with Crippen LogP contribution in [0, 0.1) is 19.8 Å². The number of H-pyrrole nitrogens is 1. The van der Waals surface area contributed by atoms with Crippen molar-refractivity contribution in [3.8, 4) is 0 Å². The Kier molecular flexibility index (Phi) is 7.06. The van der Waals surface area contributed by atoms with Crippen LogP contribution in [0.3, 0.4) is 0 Å². The molecule has 0 aliphatic carbocycles. The van der Waals surface area contributed by atoms with Crippen molar-refractivity contribution >= 4 is 28.6 Å². The van der Waals surface area contributed by atoms with Crippen molar-refractivity contribution in [3.63, 3.8) is 0 Å². The monoisotopic (exact) mass is 506 g/mol. The number of carbonyl (C=O) groups excluding carboxylic acids is 1. The summed E-state index contributed by atoms with van der Waals surface area (Å²) < 4.78 is 40.2. The Morgan fingerprint density at radius 1 is 1.26 bits per heavy atom. The summed E-state index contributed by atoms with van der Waals surface area (Å²) in [5.74, 6) is -0.234. The number of thioether (sulfide) groups is 1. The van der Waals surface area contributed by atoms with Crippen LogP contribution in [-0.4, -0.2) is 52.4 Å². The lowest BCUT2D eigenvalue weighted by Gasteiger charge is -2.43. The highest BCUT2D eigenvalue weighted by Crippen LogP contribution is 2.36. The number of nitrogens with zero attached hydrogens (tertiary/aromatic N) is 2. The fourth-order valence-corrected chi connectivity index (χ4v) is 5.71. The number of aromatic amines is 1. The van der Waals surface area contributed by atoms with Crippen LogP contribution in [0.2, 0.25) is 0 Å². The van der Waals surface area contributed by atoms with E-state index in [-0.39, 0.29) is 30.0 Å². The molecule has 35 heavy (non-hydrogen) atoms. The third-order valence-electron chi connectivity index (χ3n) is 6.74. The molecular formula is C25H29F3N4O2S. The van der Waals surface area contributed by atoms with Gasteiger partial charge in [-0.15, -0.1) is 11.8 Å². The van der Waals surface area contributed by atoms with Gasteiger partial charge in [0.1, 0.15) is 0 Å². The lowest BCUT2D eigenvalue weighted by molar-refractivity contribution is -0.160. The molecule has 0 radical (unpaired) electrons. The molecule has 6 nitrogen and oxygen atoms in total. The van der Waals surface area contributed by atoms with E-state index in [0.29, 0.717) is 24.2 Å². The molecule has 1 fully saturated rings. The molecule has 1 aliphatic rings. The van der Waals surface area contributed by atoms with Gasteiger partial charge in [-0.1, -0.05) is 18.2 Å². The highest BCUT2D eigenvalue weighted by Gasteiger charge is 2.40. The van der Waals surface area contributed by atoms with Gasteiger partial charge in [0, 0.05) is 64.3 Å². The zero-order chi connectivity index (χ0) is 25.5. The first-order valence-corrected chi connectivity index (χ1v) is 12.7. The van der Waals surface area contributed by atoms with E-state index in [9.17, 15) is 22.8 Å². The van der Waals surface area contributed by atoms with E-state index < -0.39 is 12.7 Å². The summed E-state index contributed by atoms with van der Waals surface area (Å²) in [5, 5.41) is 3.69. The van der Waals surface area contributed by atoms with Gasteiger partial charge in [-0.05, 0) is 39.2 Å². The van der Waals surface area contributed by atoms with E-state index in [4.69, 9.17) is 0 Å². The Balaban J connectivity index is 1.59. The normalized spacial score (nSPS) is 15.9. The van der Waals surface area contributed by atoms with E-state index >= 15 is 0 Å². The zero-order valence-corrected chi connectivity index (χ0v) is 20.9. The van der Waals surface area contributed by atoms with E-state index in [1.807, 2.05) is 57.4 Å². The molecule has 1 amide bonds. The number of amides is 1. The zero-order valence-electron chi connectivity index (χ0n) is 20.1. The average molecular weight is 507 g/mol. The van der Waals surface area contributed by atoms with Gasteiger partial charge in [0.2, 0.25) is 0 Å². The van der Waals surface area contributed by atoms with E-state index in [2.05, 4.69) is 14.9 Å². The molecule has 0 spiro atoms. The molecule has 1 aromatic carbocycles. The molecule has 10 heteroatoms. The maximum atomic E-state index is 13.4. The number of nitrogens with one attached hydrogen (secondary N) is 2. The molecule has 3 heterocycles. The smallest absolute Gasteiger partial charge is 0.348 e. The van der Waals surface area contributed by atoms with Crippen LogP contribution in [0.15, 0.2) is 40.0 Å². The van der Waals surface area contributed by atoms with Gasteiger partial charge in [-0.25, -0.2) is 0 Å². The van der Waals surface area contributed by atoms with Gasteiger partial charge in [-0.3, -0.25) is 14.5 Å². The van der Waals surface area contributed by atoms with E-state index in [0.717, 1.165) is 27.2 Å². The van der Waals surface area contributed by atoms with Gasteiger partial charge in [-0.2, -0.15) is 13.2 Å². The Morgan fingerprint density at radius 3 is 2.60 bits per heavy atom. The average Bonchev–Trinajstić information content (AvgIpc) is 3.05. The Bertz CT molecular complexity index is 1310. The largest absolute Gasteiger partial charge is 0.401 e. The first-order valence-electron chi connectivity index (χ1n) is 11.4. The number of hydrogen-bond donors (Lipinski definition) is 2. The molecule has 2 N–H and O–H groups in total. The number of likely N-dealkylation sites (tertiary alicyclic amines) is 1. The molecule has 0 unspecified atom stereocenters. The van der Waals surface area contributed by atoms with Crippen molar-refractivity contribution in [2.45, 2.75) is 44.4 Å². The fraction of sp³-hybridized carbons (Fsp3) is 0.440. The maximum absolute atomic E-state index is 13.4. The molecule has 0 bridgehead atoms. The minimum absolute atomic E-state index is 0.0537. The first-order chi connectivity index (χ1) is 16.5. The second kappa shape index (κ2) is 9.73. The topological polar surface area (TPSA) is 70.1 Å². The van der Waals surface area contributed by atoms with Crippen molar-refractivity contribution in [3.05, 3.63) is 63.2 Å². The first kappa shape index (κ1) is 25.4. The summed E-state index contributed by atoms with van der Waals surface area (Å²) >= 11 is 1.45. The van der Waals surface area contributed by atoms with Crippen LogP contribution in [0.25, 0.3) is 10.9 Å². The van der Waals surface area contributed by atoms with E-state index in [1.165, 1.54) is 16.7 Å². The highest BCUT2D eigenvalue weighted by molar-refractivity contribution is 7.98. The van der Waals surface area contributed by atoms with Gasteiger partial charge >= 0.3 is 6.18 Å². The number of para-hydroxylation sites is 1. The van der Waals surface area contributed by atoms with E-state index in [1.54, 1.807) is 0 Å². The van der Waals surface area contributed by atoms with Crippen LogP contribution in [-0.2, 0) is 6.54 Å². The maximum Gasteiger partial charge on any atom is 0.401 e. The predicted molar refractivity (Wildman–Crippen MR) is 132 cm³/mol. The number of halogens is 3. The van der Waals surface area contributed by atoms with Gasteiger partial charge < -0.3 is 14.9 Å². The predicted octanol–water partition coefficient (Wildman–Crippen LogP) is 4.65. The standard InChI is InChI=1S/C25H29F3N4O2S/c1-14-9-21(35-4)19(23(33)30-14)10-29-24(34)22-16(3)32(20-8-6-5-7-18(20)22)15(2)17-11-31(12-17)13-25(26,27)28/h5-9,15,17H,10-13H2,1-4H3,(H,29,34)(H,30,33)/t15-/m0/s1. The third kappa shape index (κ3) is 5.13. The molecule has 1 aliphatic heterocycles. The molecule has 2 aromatic heterocycles. The number of aryl methyl sites for hydroxylation is 1. The minimum Gasteiger partial charge on any atom is -0.348 e. The van der Waals surface area contributed by atoms with Crippen LogP contribution in [0.4, 0.5) is 13.2 Å². The summed E-state index contributed by atoms with van der Waals surface area (Å²) in [5.41, 5.74) is 3.19. The number of alkyl halides is 3. The molecule has 1 saturated heterocycles. The summed E-state index contributed by atoms with van der Waals surface area (Å²) in [4.78, 5) is 30.8. The highest BCUT2D eigenvalue weighted by atomic mass is 32.2. The van der Waals surface area contributed by atoms with Crippen molar-refractivity contribution in [1.82, 2.24) is 19.8 Å². The van der Waals surface area contributed by atoms with Crippen molar-refractivity contribution in [2.24, 2.45) is 5.92 Å². The van der Waals surface area contributed by atoms with Crippen LogP contribution in [0.5, 0.6) is 0 Å². The minimum atomic E-state index is -4.20. The molecule has 3 aromatic rings. The van der Waals surface area contributed by atoms with Crippen LogP contribution >= 0.6 is 11.8 Å². The fourth-order valence-electron chi connectivity index (χ4n) is 5.00.